The highest BCUT2D eigenvalue weighted by atomic mass is 15.2. The van der Waals surface area contributed by atoms with E-state index in [9.17, 15) is 0 Å². The largest absolute Gasteiger partial charge is 0.363 e. The van der Waals surface area contributed by atoms with E-state index in [2.05, 4.69) is 71.7 Å². The zero-order valence-corrected chi connectivity index (χ0v) is 13.0. The van der Waals surface area contributed by atoms with E-state index in [0.29, 0.717) is 12.1 Å². The zero-order valence-electron chi connectivity index (χ0n) is 13.0. The molecule has 0 spiro atoms. The summed E-state index contributed by atoms with van der Waals surface area (Å²) >= 11 is 0. The van der Waals surface area contributed by atoms with Gasteiger partial charge in [0.2, 0.25) is 0 Å². The fourth-order valence-corrected chi connectivity index (χ4v) is 2.92. The van der Waals surface area contributed by atoms with Crippen LogP contribution in [0, 0.1) is 5.92 Å². The van der Waals surface area contributed by atoms with E-state index in [1.165, 1.54) is 24.8 Å². The van der Waals surface area contributed by atoms with Gasteiger partial charge >= 0.3 is 0 Å². The molecule has 0 radical (unpaired) electrons. The van der Waals surface area contributed by atoms with Crippen molar-refractivity contribution < 1.29 is 0 Å². The Morgan fingerprint density at radius 1 is 1.19 bits per heavy atom. The minimum absolute atomic E-state index is 0.397. The SMILES string of the molecule is CC(C)N1C=CC(NC(c2ccccc2)C2CCC2)=NC1. The molecule has 0 saturated heterocycles. The highest BCUT2D eigenvalue weighted by Crippen LogP contribution is 2.37. The molecule has 1 aliphatic heterocycles. The highest BCUT2D eigenvalue weighted by Gasteiger charge is 2.29. The number of rotatable bonds is 4. The van der Waals surface area contributed by atoms with Crippen LogP contribution in [0.3, 0.4) is 0 Å². The first-order valence-electron chi connectivity index (χ1n) is 8.04. The van der Waals surface area contributed by atoms with Crippen LogP contribution in [0.15, 0.2) is 47.6 Å². The Labute approximate surface area is 127 Å². The first kappa shape index (κ1) is 14.2. The molecule has 1 atom stereocenters. The van der Waals surface area contributed by atoms with Crippen LogP contribution in [0.4, 0.5) is 0 Å². The van der Waals surface area contributed by atoms with E-state index < -0.39 is 0 Å². The van der Waals surface area contributed by atoms with Crippen molar-refractivity contribution in [2.75, 3.05) is 6.67 Å². The van der Waals surface area contributed by atoms with Gasteiger partial charge in [-0.3, -0.25) is 0 Å². The second kappa shape index (κ2) is 6.33. The molecule has 0 bridgehead atoms. The lowest BCUT2D eigenvalue weighted by Gasteiger charge is -2.36. The van der Waals surface area contributed by atoms with Gasteiger partial charge in [-0.1, -0.05) is 36.8 Å². The maximum atomic E-state index is 4.68. The fraction of sp³-hybridized carbons (Fsp3) is 0.500. The van der Waals surface area contributed by atoms with Gasteiger partial charge in [-0.2, -0.15) is 0 Å². The van der Waals surface area contributed by atoms with Crippen LogP contribution in [-0.2, 0) is 0 Å². The maximum Gasteiger partial charge on any atom is 0.124 e. The van der Waals surface area contributed by atoms with Gasteiger partial charge in [-0.05, 0) is 44.2 Å². The van der Waals surface area contributed by atoms with E-state index in [1.807, 2.05) is 0 Å². The number of nitrogens with zero attached hydrogens (tertiary/aromatic N) is 2. The standard InChI is InChI=1S/C18H25N3/c1-14(2)21-12-11-17(19-13-21)20-18(16-9-6-10-16)15-7-4-3-5-8-15/h3-5,7-8,11-12,14,16,18H,6,9-10,13H2,1-2H3,(H,19,20). The topological polar surface area (TPSA) is 27.6 Å². The molecular formula is C18H25N3. The third-order valence-electron chi connectivity index (χ3n) is 4.57. The van der Waals surface area contributed by atoms with Crippen LogP contribution in [-0.4, -0.2) is 23.4 Å². The molecule has 3 rings (SSSR count). The summed E-state index contributed by atoms with van der Waals surface area (Å²) in [6.45, 7) is 5.14. The molecule has 1 aromatic carbocycles. The molecule has 112 valence electrons. The van der Waals surface area contributed by atoms with Gasteiger partial charge in [0, 0.05) is 12.2 Å². The molecule has 3 nitrogen and oxygen atoms in total. The summed E-state index contributed by atoms with van der Waals surface area (Å²) in [5, 5.41) is 3.67. The van der Waals surface area contributed by atoms with Gasteiger partial charge in [-0.25, -0.2) is 4.99 Å². The smallest absolute Gasteiger partial charge is 0.124 e. The summed E-state index contributed by atoms with van der Waals surface area (Å²) in [5.74, 6) is 1.76. The van der Waals surface area contributed by atoms with Crippen LogP contribution in [0.2, 0.25) is 0 Å². The van der Waals surface area contributed by atoms with E-state index in [0.717, 1.165) is 18.4 Å². The molecular weight excluding hydrogens is 258 g/mol. The van der Waals surface area contributed by atoms with Gasteiger partial charge < -0.3 is 10.2 Å². The second-order valence-electron chi connectivity index (χ2n) is 6.33. The Hall–Kier alpha value is -1.77. The number of benzene rings is 1. The molecule has 0 amide bonds. The quantitative estimate of drug-likeness (QED) is 0.912. The first-order valence-corrected chi connectivity index (χ1v) is 8.04. The summed E-state index contributed by atoms with van der Waals surface area (Å²) in [7, 11) is 0. The summed E-state index contributed by atoms with van der Waals surface area (Å²) in [5.41, 5.74) is 1.38. The Morgan fingerprint density at radius 2 is 1.95 bits per heavy atom. The van der Waals surface area contributed by atoms with Gasteiger partial charge in [0.25, 0.3) is 0 Å². The maximum absolute atomic E-state index is 4.68. The molecule has 21 heavy (non-hydrogen) atoms. The Morgan fingerprint density at radius 3 is 2.48 bits per heavy atom. The van der Waals surface area contributed by atoms with Crippen molar-refractivity contribution in [1.82, 2.24) is 10.2 Å². The summed E-state index contributed by atoms with van der Waals surface area (Å²) in [6, 6.07) is 11.7. The summed E-state index contributed by atoms with van der Waals surface area (Å²) in [4.78, 5) is 6.93. The van der Waals surface area contributed by atoms with Crippen LogP contribution in [0.1, 0.15) is 44.7 Å². The van der Waals surface area contributed by atoms with Gasteiger partial charge in [0.1, 0.15) is 12.5 Å². The van der Waals surface area contributed by atoms with Crippen molar-refractivity contribution in [3.63, 3.8) is 0 Å². The van der Waals surface area contributed by atoms with Crippen LogP contribution in [0.5, 0.6) is 0 Å². The average molecular weight is 283 g/mol. The number of nitrogens with one attached hydrogen (secondary N) is 1. The molecule has 1 aliphatic carbocycles. The van der Waals surface area contributed by atoms with Crippen LogP contribution < -0.4 is 5.32 Å². The molecule has 1 fully saturated rings. The molecule has 1 saturated carbocycles. The minimum Gasteiger partial charge on any atom is -0.363 e. The van der Waals surface area contributed by atoms with Crippen molar-refractivity contribution in [1.29, 1.82) is 0 Å². The van der Waals surface area contributed by atoms with E-state index >= 15 is 0 Å². The van der Waals surface area contributed by atoms with Crippen LogP contribution in [0.25, 0.3) is 0 Å². The monoisotopic (exact) mass is 283 g/mol. The highest BCUT2D eigenvalue weighted by molar-refractivity contribution is 5.93. The van der Waals surface area contributed by atoms with Gasteiger partial charge in [0.05, 0.1) is 6.04 Å². The molecule has 1 N–H and O–H groups in total. The molecule has 2 aliphatic rings. The molecule has 1 unspecified atom stereocenters. The number of amidine groups is 1. The molecule has 1 aromatic rings. The van der Waals surface area contributed by atoms with Crippen LogP contribution >= 0.6 is 0 Å². The number of aliphatic imine (C=N–C) groups is 1. The lowest BCUT2D eigenvalue weighted by molar-refractivity contribution is 0.248. The minimum atomic E-state index is 0.397. The molecule has 0 aromatic heterocycles. The average Bonchev–Trinajstić information content (AvgIpc) is 2.46. The van der Waals surface area contributed by atoms with Crippen molar-refractivity contribution >= 4 is 5.84 Å². The normalized spacial score (nSPS) is 20.1. The van der Waals surface area contributed by atoms with Crippen molar-refractivity contribution in [3.8, 4) is 0 Å². The predicted octanol–water partition coefficient (Wildman–Crippen LogP) is 3.71. The zero-order chi connectivity index (χ0) is 14.7. The summed E-state index contributed by atoms with van der Waals surface area (Å²) in [6.07, 6.45) is 8.27. The Bertz CT molecular complexity index is 515. The van der Waals surface area contributed by atoms with E-state index in [-0.39, 0.29) is 0 Å². The number of hydrogen-bond acceptors (Lipinski definition) is 3. The van der Waals surface area contributed by atoms with Gasteiger partial charge in [-0.15, -0.1) is 0 Å². The lowest BCUT2D eigenvalue weighted by Crippen LogP contribution is -2.38. The van der Waals surface area contributed by atoms with Gasteiger partial charge in [0.15, 0.2) is 0 Å². The molecule has 3 heteroatoms. The predicted molar refractivity (Wildman–Crippen MR) is 88.1 cm³/mol. The third kappa shape index (κ3) is 3.29. The molecule has 1 heterocycles. The first-order chi connectivity index (χ1) is 10.2. The van der Waals surface area contributed by atoms with Crippen molar-refractivity contribution in [2.24, 2.45) is 10.9 Å². The van der Waals surface area contributed by atoms with E-state index in [1.54, 1.807) is 0 Å². The second-order valence-corrected chi connectivity index (χ2v) is 6.33. The third-order valence-corrected chi connectivity index (χ3v) is 4.57. The fourth-order valence-electron chi connectivity index (χ4n) is 2.92. The Balaban J connectivity index is 1.70. The van der Waals surface area contributed by atoms with Crippen molar-refractivity contribution in [3.05, 3.63) is 48.2 Å². The summed E-state index contributed by atoms with van der Waals surface area (Å²) < 4.78 is 0. The Kier molecular flexibility index (Phi) is 4.28. The number of hydrogen-bond donors (Lipinski definition) is 1. The van der Waals surface area contributed by atoms with Crippen molar-refractivity contribution in [2.45, 2.75) is 45.2 Å². The van der Waals surface area contributed by atoms with E-state index in [4.69, 9.17) is 0 Å². The lowest BCUT2D eigenvalue weighted by atomic mass is 9.77.